The molecule has 1 aromatic carbocycles. The van der Waals surface area contributed by atoms with Crippen LogP contribution in [-0.2, 0) is 5.54 Å². The van der Waals surface area contributed by atoms with E-state index >= 15 is 0 Å². The highest BCUT2D eigenvalue weighted by Crippen LogP contribution is 2.41. The summed E-state index contributed by atoms with van der Waals surface area (Å²) in [6.07, 6.45) is 0. The number of aromatic hydroxyl groups is 2. The number of nitrogens with two attached hydrogens (primary N) is 1. The topological polar surface area (TPSA) is 66.5 Å². The minimum Gasteiger partial charge on any atom is -0.506 e. The van der Waals surface area contributed by atoms with Crippen molar-refractivity contribution in [2.45, 2.75) is 26.3 Å². The Hall–Kier alpha value is -0.930. The molecule has 0 saturated heterocycles. The van der Waals surface area contributed by atoms with Gasteiger partial charge in [-0.05, 0) is 32.4 Å². The largest absolute Gasteiger partial charge is 0.506 e. The Balaban J connectivity index is 3.49. The standard InChI is InChI=1S/C10H14ClNO2/c1-5-4-6(10(2,3)12)9(14)7(11)8(5)13/h4,13-14H,12H2,1-3H3. The molecule has 3 nitrogen and oxygen atoms in total. The summed E-state index contributed by atoms with van der Waals surface area (Å²) >= 11 is 5.74. The van der Waals surface area contributed by atoms with Crippen LogP contribution < -0.4 is 5.73 Å². The number of rotatable bonds is 1. The Labute approximate surface area is 88.1 Å². The fourth-order valence-corrected chi connectivity index (χ4v) is 1.50. The Morgan fingerprint density at radius 3 is 2.21 bits per heavy atom. The maximum Gasteiger partial charge on any atom is 0.143 e. The predicted octanol–water partition coefficient (Wildman–Crippen LogP) is 2.25. The first-order valence-corrected chi connectivity index (χ1v) is 4.63. The predicted molar refractivity (Wildman–Crippen MR) is 56.7 cm³/mol. The van der Waals surface area contributed by atoms with Crippen molar-refractivity contribution in [1.29, 1.82) is 0 Å². The van der Waals surface area contributed by atoms with Crippen LogP contribution in [0.25, 0.3) is 0 Å². The molecule has 4 heteroatoms. The monoisotopic (exact) mass is 215 g/mol. The van der Waals surface area contributed by atoms with E-state index in [0.29, 0.717) is 11.1 Å². The summed E-state index contributed by atoms with van der Waals surface area (Å²) in [5.41, 5.74) is 6.28. The molecule has 0 aromatic heterocycles. The van der Waals surface area contributed by atoms with Crippen LogP contribution in [0.5, 0.6) is 11.5 Å². The van der Waals surface area contributed by atoms with Gasteiger partial charge in [0.2, 0.25) is 0 Å². The zero-order valence-electron chi connectivity index (χ0n) is 8.43. The van der Waals surface area contributed by atoms with Crippen molar-refractivity contribution < 1.29 is 10.2 Å². The molecule has 1 rings (SSSR count). The molecule has 0 aliphatic heterocycles. The highest BCUT2D eigenvalue weighted by Gasteiger charge is 2.23. The molecule has 0 saturated carbocycles. The van der Waals surface area contributed by atoms with Crippen molar-refractivity contribution in [2.24, 2.45) is 5.73 Å². The summed E-state index contributed by atoms with van der Waals surface area (Å²) in [5, 5.41) is 19.1. The average Bonchev–Trinajstić information content (AvgIpc) is 2.06. The Morgan fingerprint density at radius 1 is 1.29 bits per heavy atom. The van der Waals surface area contributed by atoms with Crippen LogP contribution in [0.1, 0.15) is 25.0 Å². The molecule has 0 spiro atoms. The number of hydrogen-bond acceptors (Lipinski definition) is 3. The summed E-state index contributed by atoms with van der Waals surface area (Å²) in [5.74, 6) is -0.251. The lowest BCUT2D eigenvalue weighted by Gasteiger charge is -2.22. The average molecular weight is 216 g/mol. The van der Waals surface area contributed by atoms with E-state index in [1.165, 1.54) is 0 Å². The first-order chi connectivity index (χ1) is 6.25. The van der Waals surface area contributed by atoms with Gasteiger partial charge in [0.05, 0.1) is 0 Å². The molecule has 14 heavy (non-hydrogen) atoms. The molecule has 0 atom stereocenters. The maximum atomic E-state index is 9.67. The Kier molecular flexibility index (Phi) is 2.65. The molecule has 0 aliphatic rings. The molecule has 0 unspecified atom stereocenters. The molecular weight excluding hydrogens is 202 g/mol. The van der Waals surface area contributed by atoms with E-state index in [-0.39, 0.29) is 16.5 Å². The highest BCUT2D eigenvalue weighted by molar-refractivity contribution is 6.33. The van der Waals surface area contributed by atoms with Gasteiger partial charge in [-0.2, -0.15) is 0 Å². The molecule has 78 valence electrons. The van der Waals surface area contributed by atoms with Crippen molar-refractivity contribution in [3.63, 3.8) is 0 Å². The molecule has 0 bridgehead atoms. The van der Waals surface area contributed by atoms with Crippen LogP contribution in [0.4, 0.5) is 0 Å². The van der Waals surface area contributed by atoms with Crippen molar-refractivity contribution >= 4 is 11.6 Å². The van der Waals surface area contributed by atoms with Gasteiger partial charge in [0.1, 0.15) is 16.5 Å². The van der Waals surface area contributed by atoms with Gasteiger partial charge in [-0.15, -0.1) is 0 Å². The summed E-state index contributed by atoms with van der Waals surface area (Å²) in [7, 11) is 0. The first kappa shape index (κ1) is 11.1. The van der Waals surface area contributed by atoms with E-state index in [0.717, 1.165) is 0 Å². The van der Waals surface area contributed by atoms with Gasteiger partial charge in [0, 0.05) is 11.1 Å². The molecule has 4 N–H and O–H groups in total. The van der Waals surface area contributed by atoms with Crippen molar-refractivity contribution in [1.82, 2.24) is 0 Å². The maximum absolute atomic E-state index is 9.67. The summed E-state index contributed by atoms with van der Waals surface area (Å²) in [6, 6.07) is 1.64. The van der Waals surface area contributed by atoms with Gasteiger partial charge < -0.3 is 15.9 Å². The van der Waals surface area contributed by atoms with E-state index in [1.807, 2.05) is 0 Å². The lowest BCUT2D eigenvalue weighted by molar-refractivity contribution is 0.426. The summed E-state index contributed by atoms with van der Waals surface area (Å²) < 4.78 is 0. The number of halogens is 1. The van der Waals surface area contributed by atoms with Gasteiger partial charge in [0.25, 0.3) is 0 Å². The Bertz CT molecular complexity index is 369. The van der Waals surface area contributed by atoms with Gasteiger partial charge in [-0.1, -0.05) is 11.6 Å². The molecule has 1 aromatic rings. The molecule has 0 fully saturated rings. The van der Waals surface area contributed by atoms with Gasteiger partial charge in [-0.25, -0.2) is 0 Å². The molecular formula is C10H14ClNO2. The van der Waals surface area contributed by atoms with Crippen LogP contribution in [0, 0.1) is 6.92 Å². The third-order valence-electron chi connectivity index (χ3n) is 2.10. The number of phenolic OH excluding ortho intramolecular Hbond substituents is 2. The zero-order chi connectivity index (χ0) is 11.1. The molecule has 0 amide bonds. The second-order valence-electron chi connectivity index (χ2n) is 3.97. The second kappa shape index (κ2) is 3.33. The zero-order valence-corrected chi connectivity index (χ0v) is 9.18. The van der Waals surface area contributed by atoms with Crippen molar-refractivity contribution in [3.05, 3.63) is 22.2 Å². The lowest BCUT2D eigenvalue weighted by Crippen LogP contribution is -2.28. The van der Waals surface area contributed by atoms with Gasteiger partial charge in [-0.3, -0.25) is 0 Å². The normalized spacial score (nSPS) is 11.8. The summed E-state index contributed by atoms with van der Waals surface area (Å²) in [6.45, 7) is 5.22. The number of hydrogen-bond donors (Lipinski definition) is 3. The van der Waals surface area contributed by atoms with Gasteiger partial charge >= 0.3 is 0 Å². The van der Waals surface area contributed by atoms with Crippen molar-refractivity contribution in [3.8, 4) is 11.5 Å². The van der Waals surface area contributed by atoms with E-state index < -0.39 is 5.54 Å². The van der Waals surface area contributed by atoms with E-state index in [4.69, 9.17) is 17.3 Å². The minimum atomic E-state index is -0.688. The van der Waals surface area contributed by atoms with Crippen LogP contribution in [-0.4, -0.2) is 10.2 Å². The molecule has 0 aliphatic carbocycles. The second-order valence-corrected chi connectivity index (χ2v) is 4.35. The molecule has 0 heterocycles. The Morgan fingerprint density at radius 2 is 1.79 bits per heavy atom. The highest BCUT2D eigenvalue weighted by atomic mass is 35.5. The third kappa shape index (κ3) is 1.79. The minimum absolute atomic E-state index is 0.0430. The summed E-state index contributed by atoms with van der Waals surface area (Å²) in [4.78, 5) is 0. The van der Waals surface area contributed by atoms with E-state index in [9.17, 15) is 10.2 Å². The fourth-order valence-electron chi connectivity index (χ4n) is 1.25. The van der Waals surface area contributed by atoms with E-state index in [1.54, 1.807) is 26.8 Å². The first-order valence-electron chi connectivity index (χ1n) is 4.25. The number of benzene rings is 1. The number of phenols is 2. The van der Waals surface area contributed by atoms with E-state index in [2.05, 4.69) is 0 Å². The SMILES string of the molecule is Cc1cc(C(C)(C)N)c(O)c(Cl)c1O. The van der Waals surface area contributed by atoms with Crippen LogP contribution >= 0.6 is 11.6 Å². The quantitative estimate of drug-likeness (QED) is 0.673. The van der Waals surface area contributed by atoms with Crippen LogP contribution in [0.15, 0.2) is 6.07 Å². The fraction of sp³-hybridized carbons (Fsp3) is 0.400. The third-order valence-corrected chi connectivity index (χ3v) is 2.46. The number of aryl methyl sites for hydroxylation is 1. The lowest BCUT2D eigenvalue weighted by atomic mass is 9.93. The van der Waals surface area contributed by atoms with Gasteiger partial charge in [0.15, 0.2) is 0 Å². The molecule has 0 radical (unpaired) electrons. The van der Waals surface area contributed by atoms with Crippen molar-refractivity contribution in [2.75, 3.05) is 0 Å². The smallest absolute Gasteiger partial charge is 0.143 e. The van der Waals surface area contributed by atoms with Crippen LogP contribution in [0.3, 0.4) is 0 Å². The van der Waals surface area contributed by atoms with Crippen LogP contribution in [0.2, 0.25) is 5.02 Å².